The smallest absolute Gasteiger partial charge is 0.333 e. The number of rotatable bonds is 5. The third-order valence-electron chi connectivity index (χ3n) is 6.86. The highest BCUT2D eigenvalue weighted by molar-refractivity contribution is 6.02. The number of carbonyl (C=O) groups excluding carboxylic acids is 1. The van der Waals surface area contributed by atoms with Gasteiger partial charge in [-0.25, -0.2) is 18.5 Å². The minimum Gasteiger partial charge on any atom is -0.358 e. The van der Waals surface area contributed by atoms with Crippen LogP contribution in [0.25, 0.3) is 11.1 Å². The number of alkyl halides is 4. The van der Waals surface area contributed by atoms with E-state index in [4.69, 9.17) is 5.41 Å². The largest absolute Gasteiger partial charge is 0.358 e. The number of likely N-dealkylation sites (tertiary alicyclic amines) is 1. The van der Waals surface area contributed by atoms with Crippen LogP contribution in [0.5, 0.6) is 0 Å². The highest BCUT2D eigenvalue weighted by Gasteiger charge is 2.56. The molecule has 0 aromatic carbocycles. The van der Waals surface area contributed by atoms with E-state index in [1.165, 1.54) is 12.4 Å². The predicted octanol–water partition coefficient (Wildman–Crippen LogP) is 3.35. The Bertz CT molecular complexity index is 1080. The summed E-state index contributed by atoms with van der Waals surface area (Å²) in [7, 11) is 0. The van der Waals surface area contributed by atoms with Gasteiger partial charge < -0.3 is 14.8 Å². The Hall–Kier alpha value is -3.18. The molecule has 3 unspecified atom stereocenters. The lowest BCUT2D eigenvalue weighted by Gasteiger charge is -2.46. The van der Waals surface area contributed by atoms with E-state index in [1.54, 1.807) is 17.2 Å². The summed E-state index contributed by atoms with van der Waals surface area (Å²) in [6.45, 7) is -1.89. The number of H-pyrrole nitrogens is 1. The molecular formula is C21H23F4N7O. The van der Waals surface area contributed by atoms with Crippen LogP contribution in [0.3, 0.4) is 0 Å². The van der Waals surface area contributed by atoms with Crippen LogP contribution in [-0.4, -0.2) is 73.7 Å². The summed E-state index contributed by atoms with van der Waals surface area (Å²) in [6.07, 6.45) is 6.59. The van der Waals surface area contributed by atoms with E-state index < -0.39 is 24.3 Å². The van der Waals surface area contributed by atoms with Crippen LogP contribution in [0.2, 0.25) is 0 Å². The van der Waals surface area contributed by atoms with Gasteiger partial charge in [0.15, 0.2) is 5.84 Å². The summed E-state index contributed by atoms with van der Waals surface area (Å²) >= 11 is 0. The topological polar surface area (TPSA) is 93.4 Å². The number of halogens is 4. The van der Waals surface area contributed by atoms with Gasteiger partial charge in [-0.1, -0.05) is 0 Å². The van der Waals surface area contributed by atoms with Crippen molar-refractivity contribution in [3.05, 3.63) is 30.4 Å². The minimum absolute atomic E-state index is 0.192. The number of aliphatic imine (C=N–C) groups is 1. The monoisotopic (exact) mass is 465 g/mol. The first-order chi connectivity index (χ1) is 15.8. The second-order valence-corrected chi connectivity index (χ2v) is 8.76. The molecule has 12 heteroatoms. The number of aromatic amines is 1. The molecule has 33 heavy (non-hydrogen) atoms. The van der Waals surface area contributed by atoms with Crippen LogP contribution < -0.4 is 0 Å². The lowest BCUT2D eigenvalue weighted by atomic mass is 9.79. The van der Waals surface area contributed by atoms with Crippen LogP contribution >= 0.6 is 0 Å². The van der Waals surface area contributed by atoms with Crippen molar-refractivity contribution in [2.45, 2.75) is 50.2 Å². The SMILES string of the molecule is N=C/N=C(\c1cc(-c2cnn(C(F)F)c2)c[nH]1)N1CC2CCC(C1)N2C(=O)C1CCC1(F)F. The fourth-order valence-electron chi connectivity index (χ4n) is 5.09. The standard InChI is InChI=1S/C21H23F4N7O/c22-20(23)31-8-13(7-29-31)12-5-17(27-6-12)18(28-11-26)30-9-14-1-2-15(10-30)32(14)19(33)16-3-4-21(16,24)25/h5-8,11,14-16,20,26-27H,1-4,9-10H2/b26-11?,28-18+. The van der Waals surface area contributed by atoms with Gasteiger partial charge in [-0.3, -0.25) is 10.2 Å². The number of aromatic nitrogens is 3. The minimum atomic E-state index is -2.92. The van der Waals surface area contributed by atoms with Crippen molar-refractivity contribution in [1.82, 2.24) is 24.6 Å². The molecule has 2 saturated heterocycles. The van der Waals surface area contributed by atoms with E-state index in [9.17, 15) is 22.4 Å². The van der Waals surface area contributed by atoms with Gasteiger partial charge in [-0.15, -0.1) is 0 Å². The predicted molar refractivity (Wildman–Crippen MR) is 111 cm³/mol. The molecular weight excluding hydrogens is 442 g/mol. The van der Waals surface area contributed by atoms with E-state index in [0.29, 0.717) is 40.4 Å². The zero-order valence-electron chi connectivity index (χ0n) is 17.6. The lowest BCUT2D eigenvalue weighted by molar-refractivity contribution is -0.176. The average Bonchev–Trinajstić information content (AvgIpc) is 3.49. The van der Waals surface area contributed by atoms with Crippen LogP contribution in [0.1, 0.15) is 37.9 Å². The van der Waals surface area contributed by atoms with Gasteiger partial charge in [0.1, 0.15) is 12.3 Å². The number of nitrogens with one attached hydrogen (secondary N) is 2. The number of carbonyl (C=O) groups is 1. The van der Waals surface area contributed by atoms with Gasteiger partial charge in [0.05, 0.1) is 11.9 Å². The van der Waals surface area contributed by atoms with E-state index in [2.05, 4.69) is 15.1 Å². The van der Waals surface area contributed by atoms with Crippen LogP contribution in [-0.2, 0) is 4.79 Å². The third kappa shape index (κ3) is 3.70. The Morgan fingerprint density at radius 2 is 1.97 bits per heavy atom. The molecule has 0 radical (unpaired) electrons. The molecule has 176 valence electrons. The number of fused-ring (bicyclic) bond motifs is 2. The molecule has 1 amide bonds. The summed E-state index contributed by atoms with van der Waals surface area (Å²) in [6, 6.07) is 1.35. The average molecular weight is 465 g/mol. The van der Waals surface area contributed by atoms with Crippen molar-refractivity contribution in [3.63, 3.8) is 0 Å². The summed E-state index contributed by atoms with van der Waals surface area (Å²) < 4.78 is 53.9. The lowest BCUT2D eigenvalue weighted by Crippen LogP contribution is -2.61. The first-order valence-electron chi connectivity index (χ1n) is 10.8. The van der Waals surface area contributed by atoms with Gasteiger partial charge in [0, 0.05) is 55.1 Å². The number of amides is 1. The number of hydrogen-bond acceptors (Lipinski definition) is 3. The fraction of sp³-hybridized carbons (Fsp3) is 0.524. The van der Waals surface area contributed by atoms with Crippen molar-refractivity contribution in [2.75, 3.05) is 13.1 Å². The molecule has 3 aliphatic rings. The highest BCUT2D eigenvalue weighted by Crippen LogP contribution is 2.46. The summed E-state index contributed by atoms with van der Waals surface area (Å²) in [5.41, 5.74) is 1.73. The van der Waals surface area contributed by atoms with Gasteiger partial charge in [-0.05, 0) is 25.3 Å². The number of amidine groups is 1. The van der Waals surface area contributed by atoms with E-state index in [0.717, 1.165) is 19.2 Å². The number of nitrogens with zero attached hydrogens (tertiary/aromatic N) is 5. The molecule has 2 aromatic heterocycles. The number of piperazine rings is 1. The maximum absolute atomic E-state index is 13.8. The fourth-order valence-corrected chi connectivity index (χ4v) is 5.09. The maximum Gasteiger partial charge on any atom is 0.333 e. The van der Waals surface area contributed by atoms with Gasteiger partial charge in [-0.2, -0.15) is 13.9 Å². The first-order valence-corrected chi connectivity index (χ1v) is 10.8. The third-order valence-corrected chi connectivity index (χ3v) is 6.86. The van der Waals surface area contributed by atoms with Crippen LogP contribution in [0, 0.1) is 11.3 Å². The van der Waals surface area contributed by atoms with E-state index >= 15 is 0 Å². The first kappa shape index (κ1) is 21.7. The summed E-state index contributed by atoms with van der Waals surface area (Å²) in [5.74, 6) is -4.11. The molecule has 5 rings (SSSR count). The molecule has 2 bridgehead atoms. The summed E-state index contributed by atoms with van der Waals surface area (Å²) in [5, 5.41) is 11.1. The van der Waals surface area contributed by atoms with Crippen LogP contribution in [0.4, 0.5) is 17.6 Å². The van der Waals surface area contributed by atoms with Gasteiger partial charge >= 0.3 is 6.55 Å². The van der Waals surface area contributed by atoms with Crippen molar-refractivity contribution >= 4 is 18.1 Å². The van der Waals surface area contributed by atoms with E-state index in [1.807, 2.05) is 4.90 Å². The van der Waals surface area contributed by atoms with Crippen LogP contribution in [0.15, 0.2) is 29.6 Å². The molecule has 2 aliphatic heterocycles. The Labute approximate surface area is 186 Å². The molecule has 2 aromatic rings. The van der Waals surface area contributed by atoms with E-state index in [-0.39, 0.29) is 24.9 Å². The Kier molecular flexibility index (Phi) is 5.25. The zero-order chi connectivity index (χ0) is 23.3. The van der Waals surface area contributed by atoms with Crippen molar-refractivity contribution in [1.29, 1.82) is 5.41 Å². The second kappa shape index (κ2) is 7.99. The molecule has 3 atom stereocenters. The molecule has 4 heterocycles. The quantitative estimate of drug-likeness (QED) is 0.403. The maximum atomic E-state index is 13.8. The molecule has 8 nitrogen and oxygen atoms in total. The molecule has 0 spiro atoms. The molecule has 3 fully saturated rings. The van der Waals surface area contributed by atoms with Crippen molar-refractivity contribution in [3.8, 4) is 11.1 Å². The van der Waals surface area contributed by atoms with Gasteiger partial charge in [0.25, 0.3) is 5.92 Å². The number of hydrogen-bond donors (Lipinski definition) is 2. The molecule has 2 N–H and O–H groups in total. The normalized spacial score (nSPS) is 26.6. The van der Waals surface area contributed by atoms with Crippen molar-refractivity contribution < 1.29 is 22.4 Å². The highest BCUT2D eigenvalue weighted by atomic mass is 19.3. The Morgan fingerprint density at radius 1 is 1.24 bits per heavy atom. The Balaban J connectivity index is 1.34. The van der Waals surface area contributed by atoms with Gasteiger partial charge in [0.2, 0.25) is 5.91 Å². The summed E-state index contributed by atoms with van der Waals surface area (Å²) in [4.78, 5) is 23.7. The molecule has 1 aliphatic carbocycles. The Morgan fingerprint density at radius 3 is 2.52 bits per heavy atom. The second-order valence-electron chi connectivity index (χ2n) is 8.76. The zero-order valence-corrected chi connectivity index (χ0v) is 17.6. The molecule has 1 saturated carbocycles. The van der Waals surface area contributed by atoms with Crippen molar-refractivity contribution in [2.24, 2.45) is 10.9 Å².